The Bertz CT molecular complexity index is 303. The van der Waals surface area contributed by atoms with Crippen LogP contribution in [0.25, 0.3) is 0 Å². The molecule has 72 valence electrons. The Morgan fingerprint density at radius 1 is 1.62 bits per heavy atom. The van der Waals surface area contributed by atoms with Gasteiger partial charge in [0.05, 0.1) is 12.1 Å². The van der Waals surface area contributed by atoms with Gasteiger partial charge in [-0.3, -0.25) is 0 Å². The van der Waals surface area contributed by atoms with Gasteiger partial charge in [0.2, 0.25) is 0 Å². The van der Waals surface area contributed by atoms with Crippen LogP contribution in [0.2, 0.25) is 0 Å². The minimum Gasteiger partial charge on any atom is -0.391 e. The molecule has 1 rings (SSSR count). The quantitative estimate of drug-likeness (QED) is 0.720. The predicted molar refractivity (Wildman–Crippen MR) is 55.0 cm³/mol. The maximum absolute atomic E-state index is 9.28. The third-order valence-electron chi connectivity index (χ3n) is 1.78. The summed E-state index contributed by atoms with van der Waals surface area (Å²) in [6.07, 6.45) is 0.963. The number of aromatic nitrogens is 1. The molecule has 0 aliphatic rings. The Labute approximate surface area is 85.1 Å². The zero-order chi connectivity index (χ0) is 10.0. The molecule has 1 aromatic heterocycles. The highest BCUT2D eigenvalue weighted by atomic mass is 79.9. The van der Waals surface area contributed by atoms with E-state index in [0.29, 0.717) is 5.82 Å². The predicted octanol–water partition coefficient (Wildman–Crippen LogP) is 0.807. The molecule has 2 atom stereocenters. The smallest absolute Gasteiger partial charge is 0.123 e. The summed E-state index contributed by atoms with van der Waals surface area (Å²) in [5.74, 6) is 0.398. The van der Waals surface area contributed by atoms with Crippen LogP contribution in [0.1, 0.15) is 18.5 Å². The van der Waals surface area contributed by atoms with E-state index in [1.807, 2.05) is 0 Å². The molecule has 13 heavy (non-hydrogen) atoms. The number of hydrogen-bond acceptors (Lipinski definition) is 4. The molecule has 0 aromatic carbocycles. The first-order valence-electron chi connectivity index (χ1n) is 3.87. The molecule has 0 aliphatic heterocycles. The number of rotatable bonds is 2. The fourth-order valence-electron chi connectivity index (χ4n) is 0.987. The van der Waals surface area contributed by atoms with E-state index in [4.69, 9.17) is 11.5 Å². The molecular formula is C8H12BrN3O. The van der Waals surface area contributed by atoms with Gasteiger partial charge in [0, 0.05) is 10.7 Å². The van der Waals surface area contributed by atoms with Gasteiger partial charge in [-0.05, 0) is 34.5 Å². The summed E-state index contributed by atoms with van der Waals surface area (Å²) in [4.78, 5) is 3.87. The Balaban J connectivity index is 3.05. The Hall–Kier alpha value is -0.650. The van der Waals surface area contributed by atoms with Gasteiger partial charge in [0.15, 0.2) is 0 Å². The van der Waals surface area contributed by atoms with Gasteiger partial charge < -0.3 is 16.6 Å². The van der Waals surface area contributed by atoms with Crippen molar-refractivity contribution in [3.63, 3.8) is 0 Å². The summed E-state index contributed by atoms with van der Waals surface area (Å²) < 4.78 is 0.759. The fourth-order valence-corrected chi connectivity index (χ4v) is 1.47. The lowest BCUT2D eigenvalue weighted by molar-refractivity contribution is 0.164. The Kier molecular flexibility index (Phi) is 3.24. The minimum atomic E-state index is -0.613. The SMILES string of the molecule is CC(O)C(N)c1cc(N)ncc1Br. The van der Waals surface area contributed by atoms with Crippen LogP contribution < -0.4 is 11.5 Å². The first-order valence-corrected chi connectivity index (χ1v) is 4.66. The van der Waals surface area contributed by atoms with Crippen molar-refractivity contribution in [2.24, 2.45) is 5.73 Å². The van der Waals surface area contributed by atoms with Gasteiger partial charge in [-0.2, -0.15) is 0 Å². The number of nitrogens with zero attached hydrogens (tertiary/aromatic N) is 1. The molecule has 0 saturated carbocycles. The molecule has 0 radical (unpaired) electrons. The highest BCUT2D eigenvalue weighted by Crippen LogP contribution is 2.24. The number of hydrogen-bond donors (Lipinski definition) is 3. The number of anilines is 1. The minimum absolute atomic E-state index is 0.398. The second-order valence-corrected chi connectivity index (χ2v) is 3.75. The summed E-state index contributed by atoms with van der Waals surface area (Å²) in [5.41, 5.74) is 12.0. The molecular weight excluding hydrogens is 234 g/mol. The zero-order valence-electron chi connectivity index (χ0n) is 7.24. The molecule has 5 heteroatoms. The average Bonchev–Trinajstić information content (AvgIpc) is 2.08. The van der Waals surface area contributed by atoms with Crippen molar-refractivity contribution in [2.45, 2.75) is 19.1 Å². The second kappa shape index (κ2) is 4.04. The van der Waals surface area contributed by atoms with Crippen LogP contribution in [0.5, 0.6) is 0 Å². The molecule has 0 aliphatic carbocycles. The lowest BCUT2D eigenvalue weighted by Crippen LogP contribution is -2.23. The van der Waals surface area contributed by atoms with E-state index in [1.54, 1.807) is 19.2 Å². The molecule has 0 bridgehead atoms. The van der Waals surface area contributed by atoms with Crippen molar-refractivity contribution < 1.29 is 5.11 Å². The number of aliphatic hydroxyl groups is 1. The summed E-state index contributed by atoms with van der Waals surface area (Å²) in [6, 6.07) is 1.21. The largest absolute Gasteiger partial charge is 0.391 e. The summed E-state index contributed by atoms with van der Waals surface area (Å²) in [6.45, 7) is 1.63. The van der Waals surface area contributed by atoms with E-state index < -0.39 is 12.1 Å². The van der Waals surface area contributed by atoms with Crippen LogP contribution in [0.3, 0.4) is 0 Å². The maximum atomic E-state index is 9.28. The van der Waals surface area contributed by atoms with Crippen molar-refractivity contribution in [1.82, 2.24) is 4.98 Å². The lowest BCUT2D eigenvalue weighted by atomic mass is 10.1. The second-order valence-electron chi connectivity index (χ2n) is 2.90. The Morgan fingerprint density at radius 3 is 2.77 bits per heavy atom. The van der Waals surface area contributed by atoms with Crippen molar-refractivity contribution in [3.05, 3.63) is 22.3 Å². The molecule has 0 spiro atoms. The summed E-state index contributed by atoms with van der Waals surface area (Å²) >= 11 is 3.29. The molecule has 1 aromatic rings. The van der Waals surface area contributed by atoms with Gasteiger partial charge in [-0.15, -0.1) is 0 Å². The van der Waals surface area contributed by atoms with E-state index in [1.165, 1.54) is 0 Å². The van der Waals surface area contributed by atoms with Crippen molar-refractivity contribution in [1.29, 1.82) is 0 Å². The molecule has 0 fully saturated rings. The summed E-state index contributed by atoms with van der Waals surface area (Å²) in [5, 5.41) is 9.28. The van der Waals surface area contributed by atoms with E-state index in [2.05, 4.69) is 20.9 Å². The number of nitrogen functional groups attached to an aromatic ring is 1. The highest BCUT2D eigenvalue weighted by molar-refractivity contribution is 9.10. The standard InChI is InChI=1S/C8H12BrN3O/c1-4(13)8(11)5-2-7(10)12-3-6(5)9/h2-4,8,13H,11H2,1H3,(H2,10,12). The van der Waals surface area contributed by atoms with E-state index >= 15 is 0 Å². The third kappa shape index (κ3) is 2.40. The van der Waals surface area contributed by atoms with Gasteiger partial charge in [0.25, 0.3) is 0 Å². The van der Waals surface area contributed by atoms with Gasteiger partial charge in [0.1, 0.15) is 5.82 Å². The number of nitrogens with two attached hydrogens (primary N) is 2. The van der Waals surface area contributed by atoms with Gasteiger partial charge in [-0.1, -0.05) is 0 Å². The van der Waals surface area contributed by atoms with E-state index in [-0.39, 0.29) is 0 Å². The van der Waals surface area contributed by atoms with Crippen LogP contribution in [0.4, 0.5) is 5.82 Å². The lowest BCUT2D eigenvalue weighted by Gasteiger charge is -2.16. The van der Waals surface area contributed by atoms with Crippen molar-refractivity contribution in [3.8, 4) is 0 Å². The molecule has 4 nitrogen and oxygen atoms in total. The van der Waals surface area contributed by atoms with Crippen LogP contribution in [-0.2, 0) is 0 Å². The van der Waals surface area contributed by atoms with E-state index in [0.717, 1.165) is 10.0 Å². The molecule has 1 heterocycles. The van der Waals surface area contributed by atoms with Crippen LogP contribution in [0.15, 0.2) is 16.7 Å². The molecule has 5 N–H and O–H groups in total. The van der Waals surface area contributed by atoms with Gasteiger partial charge in [-0.25, -0.2) is 4.98 Å². The average molecular weight is 246 g/mol. The Morgan fingerprint density at radius 2 is 2.23 bits per heavy atom. The first kappa shape index (κ1) is 10.4. The van der Waals surface area contributed by atoms with Crippen LogP contribution in [-0.4, -0.2) is 16.2 Å². The molecule has 0 amide bonds. The maximum Gasteiger partial charge on any atom is 0.123 e. The summed E-state index contributed by atoms with van der Waals surface area (Å²) in [7, 11) is 0. The van der Waals surface area contributed by atoms with Gasteiger partial charge >= 0.3 is 0 Å². The third-order valence-corrected chi connectivity index (χ3v) is 2.45. The molecule has 0 saturated heterocycles. The number of pyridine rings is 1. The fraction of sp³-hybridized carbons (Fsp3) is 0.375. The monoisotopic (exact) mass is 245 g/mol. The van der Waals surface area contributed by atoms with Crippen molar-refractivity contribution in [2.75, 3.05) is 5.73 Å². The van der Waals surface area contributed by atoms with E-state index in [9.17, 15) is 5.11 Å². The molecule has 2 unspecified atom stereocenters. The number of aliphatic hydroxyl groups excluding tert-OH is 1. The zero-order valence-corrected chi connectivity index (χ0v) is 8.82. The topological polar surface area (TPSA) is 85.2 Å². The van der Waals surface area contributed by atoms with Crippen LogP contribution in [0, 0.1) is 0 Å². The number of halogens is 1. The normalized spacial score (nSPS) is 15.4. The highest BCUT2D eigenvalue weighted by Gasteiger charge is 2.15. The first-order chi connectivity index (χ1) is 6.02. The van der Waals surface area contributed by atoms with Crippen LogP contribution >= 0.6 is 15.9 Å². The van der Waals surface area contributed by atoms with Crippen molar-refractivity contribution >= 4 is 21.7 Å².